The molecule has 0 fully saturated rings. The fourth-order valence-corrected chi connectivity index (χ4v) is 3.97. The predicted octanol–water partition coefficient (Wildman–Crippen LogP) is 3.17. The van der Waals surface area contributed by atoms with Crippen molar-refractivity contribution in [3.63, 3.8) is 0 Å². The monoisotopic (exact) mass is 379 g/mol. The number of rotatable bonds is 4. The highest BCUT2D eigenvalue weighted by molar-refractivity contribution is 7.17. The van der Waals surface area contributed by atoms with Gasteiger partial charge in [0.2, 0.25) is 0 Å². The van der Waals surface area contributed by atoms with Crippen LogP contribution < -0.4 is 5.56 Å². The summed E-state index contributed by atoms with van der Waals surface area (Å²) >= 11 is 1.40. The molecule has 0 saturated heterocycles. The van der Waals surface area contributed by atoms with Crippen molar-refractivity contribution in [3.8, 4) is 0 Å². The molecular weight excluding hydrogens is 360 g/mol. The van der Waals surface area contributed by atoms with Crippen LogP contribution in [0.1, 0.15) is 41.4 Å². The Kier molecular flexibility index (Phi) is 4.51. The van der Waals surface area contributed by atoms with Gasteiger partial charge in [-0.2, -0.15) is 5.10 Å². The molecule has 0 aromatic carbocycles. The molecular formula is C17H19F2N5OS. The van der Waals surface area contributed by atoms with Crippen LogP contribution in [0.3, 0.4) is 0 Å². The van der Waals surface area contributed by atoms with Gasteiger partial charge >= 0.3 is 0 Å². The molecule has 6 nitrogen and oxygen atoms in total. The van der Waals surface area contributed by atoms with E-state index >= 15 is 0 Å². The van der Waals surface area contributed by atoms with Crippen LogP contribution in [-0.4, -0.2) is 31.9 Å². The Morgan fingerprint density at radius 3 is 2.65 bits per heavy atom. The first-order valence-electron chi connectivity index (χ1n) is 8.00. The zero-order valence-corrected chi connectivity index (χ0v) is 16.0. The molecule has 9 heteroatoms. The SMILES string of the molecule is CN=C(C)c1c(C)sc2nc(Cn3cc(C(C)(F)F)c(C)n3)cc(=O)n12. The van der Waals surface area contributed by atoms with Crippen LogP contribution in [0.25, 0.3) is 4.96 Å². The van der Waals surface area contributed by atoms with Crippen LogP contribution in [0.15, 0.2) is 22.1 Å². The number of hydrogen-bond acceptors (Lipinski definition) is 5. The minimum Gasteiger partial charge on any atom is -0.291 e. The zero-order chi connectivity index (χ0) is 19.2. The minimum absolute atomic E-state index is 0.126. The highest BCUT2D eigenvalue weighted by Gasteiger charge is 2.29. The number of aliphatic imine (C=N–C) groups is 1. The van der Waals surface area contributed by atoms with Crippen molar-refractivity contribution in [3.05, 3.63) is 50.1 Å². The van der Waals surface area contributed by atoms with Crippen LogP contribution in [0.2, 0.25) is 0 Å². The molecule has 0 atom stereocenters. The lowest BCUT2D eigenvalue weighted by molar-refractivity contribution is 0.0167. The second kappa shape index (κ2) is 6.39. The Morgan fingerprint density at radius 2 is 2.08 bits per heavy atom. The van der Waals surface area contributed by atoms with Crippen LogP contribution in [0, 0.1) is 13.8 Å². The summed E-state index contributed by atoms with van der Waals surface area (Å²) in [6.45, 7) is 6.28. The fraction of sp³-hybridized carbons (Fsp3) is 0.412. The maximum atomic E-state index is 13.6. The van der Waals surface area contributed by atoms with Gasteiger partial charge in [0, 0.05) is 31.1 Å². The van der Waals surface area contributed by atoms with Gasteiger partial charge in [-0.3, -0.25) is 14.5 Å². The quantitative estimate of drug-likeness (QED) is 0.654. The third-order valence-electron chi connectivity index (χ3n) is 4.16. The Balaban J connectivity index is 2.05. The van der Waals surface area contributed by atoms with Gasteiger partial charge in [0.15, 0.2) is 4.96 Å². The number of thiazole rings is 1. The van der Waals surface area contributed by atoms with E-state index in [-0.39, 0.29) is 23.4 Å². The molecule has 0 aliphatic carbocycles. The molecule has 0 spiro atoms. The maximum Gasteiger partial charge on any atom is 0.273 e. The molecule has 3 aromatic heterocycles. The maximum absolute atomic E-state index is 13.6. The van der Waals surface area contributed by atoms with E-state index in [1.807, 2.05) is 13.8 Å². The molecule has 3 rings (SSSR count). The average Bonchev–Trinajstić information content (AvgIpc) is 3.06. The van der Waals surface area contributed by atoms with Gasteiger partial charge in [-0.1, -0.05) is 0 Å². The van der Waals surface area contributed by atoms with Crippen LogP contribution in [-0.2, 0) is 12.5 Å². The standard InChI is InChI=1S/C17H19F2N5OS/c1-9-13(17(4,18)19)8-23(22-9)7-12-6-14(25)24-15(10(2)20-5)11(3)26-16(24)21-12/h6,8H,7H2,1-5H3. The second-order valence-corrected chi connectivity index (χ2v) is 7.42. The molecule has 3 heterocycles. The van der Waals surface area contributed by atoms with E-state index in [9.17, 15) is 13.6 Å². The summed E-state index contributed by atoms with van der Waals surface area (Å²) in [4.78, 5) is 22.8. The van der Waals surface area contributed by atoms with E-state index in [4.69, 9.17) is 0 Å². The average molecular weight is 379 g/mol. The molecule has 0 radical (unpaired) electrons. The summed E-state index contributed by atoms with van der Waals surface area (Å²) in [6.07, 6.45) is 1.30. The third-order valence-corrected chi connectivity index (χ3v) is 5.12. The van der Waals surface area contributed by atoms with Gasteiger partial charge in [-0.05, 0) is 20.8 Å². The van der Waals surface area contributed by atoms with Gasteiger partial charge in [0.1, 0.15) is 0 Å². The zero-order valence-electron chi connectivity index (χ0n) is 15.2. The number of aryl methyl sites for hydroxylation is 2. The first-order valence-corrected chi connectivity index (χ1v) is 8.81. The molecule has 0 unspecified atom stereocenters. The molecule has 26 heavy (non-hydrogen) atoms. The van der Waals surface area contributed by atoms with E-state index < -0.39 is 5.92 Å². The fourth-order valence-electron chi connectivity index (χ4n) is 2.92. The lowest BCUT2D eigenvalue weighted by Crippen LogP contribution is -2.19. The first kappa shape index (κ1) is 18.4. The smallest absolute Gasteiger partial charge is 0.273 e. The molecule has 3 aromatic rings. The molecule has 0 bridgehead atoms. The lowest BCUT2D eigenvalue weighted by Gasteiger charge is -2.07. The second-order valence-electron chi connectivity index (χ2n) is 6.23. The number of fused-ring (bicyclic) bond motifs is 1. The van der Waals surface area contributed by atoms with Crippen molar-refractivity contribution in [2.75, 3.05) is 7.05 Å². The Hall–Kier alpha value is -2.42. The van der Waals surface area contributed by atoms with Crippen LogP contribution >= 0.6 is 11.3 Å². The Labute approximate surface area is 152 Å². The van der Waals surface area contributed by atoms with E-state index in [2.05, 4.69) is 15.1 Å². The highest BCUT2D eigenvalue weighted by atomic mass is 32.1. The molecule has 0 saturated carbocycles. The van der Waals surface area contributed by atoms with E-state index in [0.29, 0.717) is 10.7 Å². The minimum atomic E-state index is -2.96. The summed E-state index contributed by atoms with van der Waals surface area (Å²) in [7, 11) is 1.67. The molecule has 0 N–H and O–H groups in total. The Morgan fingerprint density at radius 1 is 1.38 bits per heavy atom. The van der Waals surface area contributed by atoms with Crippen LogP contribution in [0.4, 0.5) is 8.78 Å². The number of hydrogen-bond donors (Lipinski definition) is 0. The van der Waals surface area contributed by atoms with Gasteiger partial charge in [0.05, 0.1) is 34.9 Å². The summed E-state index contributed by atoms with van der Waals surface area (Å²) in [5, 5.41) is 4.12. The molecule has 0 aliphatic rings. The van der Waals surface area contributed by atoms with Gasteiger partial charge in [-0.15, -0.1) is 11.3 Å². The predicted molar refractivity (Wildman–Crippen MR) is 97.8 cm³/mol. The molecule has 0 aliphatic heterocycles. The van der Waals surface area contributed by atoms with E-state index in [1.165, 1.54) is 39.6 Å². The van der Waals surface area contributed by atoms with Crippen molar-refractivity contribution < 1.29 is 8.78 Å². The van der Waals surface area contributed by atoms with Gasteiger partial charge in [0.25, 0.3) is 11.5 Å². The molecule has 0 amide bonds. The van der Waals surface area contributed by atoms with Crippen molar-refractivity contribution in [2.24, 2.45) is 4.99 Å². The van der Waals surface area contributed by atoms with Crippen LogP contribution in [0.5, 0.6) is 0 Å². The van der Waals surface area contributed by atoms with E-state index in [0.717, 1.165) is 23.2 Å². The van der Waals surface area contributed by atoms with Crippen molar-refractivity contribution in [2.45, 2.75) is 40.2 Å². The number of aromatic nitrogens is 4. The van der Waals surface area contributed by atoms with Crippen molar-refractivity contribution >= 4 is 22.0 Å². The number of halogens is 2. The van der Waals surface area contributed by atoms with Crippen molar-refractivity contribution in [1.82, 2.24) is 19.2 Å². The summed E-state index contributed by atoms with van der Waals surface area (Å²) in [5.74, 6) is -2.96. The molecule has 138 valence electrons. The largest absolute Gasteiger partial charge is 0.291 e. The highest BCUT2D eigenvalue weighted by Crippen LogP contribution is 2.29. The first-order chi connectivity index (χ1) is 12.1. The van der Waals surface area contributed by atoms with E-state index in [1.54, 1.807) is 7.05 Å². The number of nitrogens with zero attached hydrogens (tertiary/aromatic N) is 5. The lowest BCUT2D eigenvalue weighted by atomic mass is 10.1. The Bertz CT molecular complexity index is 1070. The number of alkyl halides is 2. The normalized spacial score (nSPS) is 13.0. The summed E-state index contributed by atoms with van der Waals surface area (Å²) in [5.41, 5.74) is 1.89. The topological polar surface area (TPSA) is 64.5 Å². The van der Waals surface area contributed by atoms with Crippen molar-refractivity contribution in [1.29, 1.82) is 0 Å². The van der Waals surface area contributed by atoms with Gasteiger partial charge in [-0.25, -0.2) is 18.2 Å². The summed E-state index contributed by atoms with van der Waals surface area (Å²) < 4.78 is 30.1. The third kappa shape index (κ3) is 3.18. The summed E-state index contributed by atoms with van der Waals surface area (Å²) in [6, 6.07) is 1.41. The van der Waals surface area contributed by atoms with Gasteiger partial charge < -0.3 is 0 Å².